The first-order chi connectivity index (χ1) is 17.0. The molecule has 1 aliphatic rings. The molecule has 0 unspecified atom stereocenters. The van der Waals surface area contributed by atoms with Crippen molar-refractivity contribution in [1.82, 2.24) is 14.5 Å². The average molecular weight is 494 g/mol. The Morgan fingerprint density at radius 3 is 2.71 bits per heavy atom. The Balaban J connectivity index is 1.45. The third-order valence-corrected chi connectivity index (χ3v) is 7.28. The van der Waals surface area contributed by atoms with Crippen molar-refractivity contribution in [3.05, 3.63) is 75.9 Å². The largest absolute Gasteiger partial charge is 0.497 e. The van der Waals surface area contributed by atoms with Crippen molar-refractivity contribution in [2.45, 2.75) is 25.4 Å². The van der Waals surface area contributed by atoms with Crippen LogP contribution in [0.3, 0.4) is 0 Å². The highest BCUT2D eigenvalue weighted by molar-refractivity contribution is 7.17. The van der Waals surface area contributed by atoms with E-state index in [0.29, 0.717) is 33.8 Å². The Hall–Kier alpha value is -3.72. The molecule has 35 heavy (non-hydrogen) atoms. The maximum absolute atomic E-state index is 13.4. The minimum Gasteiger partial charge on any atom is -0.497 e. The molecule has 1 saturated heterocycles. The standard InChI is InChI=1S/C26H24FN3O4S/c1-33-18-9-10-19(22(12-18)34-2)21-4-3-11-30(21)23(31)13-29-15-28-25-24(26(29)32)20(14-35-25)16-5-7-17(27)8-6-16/h5-10,12,14-15,21H,3-4,11,13H2,1-2H3/t21-/m1/s1. The quantitative estimate of drug-likeness (QED) is 0.391. The summed E-state index contributed by atoms with van der Waals surface area (Å²) in [5.41, 5.74) is 2.04. The van der Waals surface area contributed by atoms with E-state index in [0.717, 1.165) is 24.0 Å². The van der Waals surface area contributed by atoms with Gasteiger partial charge in [-0.15, -0.1) is 11.3 Å². The average Bonchev–Trinajstić information content (AvgIpc) is 3.54. The molecule has 2 aromatic carbocycles. The highest BCUT2D eigenvalue weighted by Gasteiger charge is 2.32. The van der Waals surface area contributed by atoms with Gasteiger partial charge in [0.25, 0.3) is 5.56 Å². The van der Waals surface area contributed by atoms with Gasteiger partial charge in [0.15, 0.2) is 0 Å². The molecule has 0 bridgehead atoms. The lowest BCUT2D eigenvalue weighted by Crippen LogP contribution is -2.36. The number of nitrogens with zero attached hydrogens (tertiary/aromatic N) is 3. The molecule has 7 nitrogen and oxygen atoms in total. The molecular formula is C26H24FN3O4S. The molecule has 0 aliphatic carbocycles. The lowest BCUT2D eigenvalue weighted by Gasteiger charge is -2.27. The zero-order valence-electron chi connectivity index (χ0n) is 19.4. The first kappa shape index (κ1) is 23.0. The predicted molar refractivity (Wildman–Crippen MR) is 133 cm³/mol. The second kappa shape index (κ2) is 9.50. The number of benzene rings is 2. The number of rotatable bonds is 6. The number of halogens is 1. The summed E-state index contributed by atoms with van der Waals surface area (Å²) in [6.07, 6.45) is 3.09. The van der Waals surface area contributed by atoms with E-state index in [9.17, 15) is 14.0 Å². The van der Waals surface area contributed by atoms with Crippen LogP contribution in [0.4, 0.5) is 4.39 Å². The number of methoxy groups -OCH3 is 2. The van der Waals surface area contributed by atoms with Crippen LogP contribution < -0.4 is 15.0 Å². The number of carbonyl (C=O) groups excluding carboxylic acids is 1. The van der Waals surface area contributed by atoms with Gasteiger partial charge in [-0.2, -0.15) is 0 Å². The lowest BCUT2D eigenvalue weighted by atomic mass is 10.0. The maximum Gasteiger partial charge on any atom is 0.263 e. The minimum absolute atomic E-state index is 0.116. The third kappa shape index (κ3) is 4.27. The molecule has 1 amide bonds. The van der Waals surface area contributed by atoms with Crippen LogP contribution in [-0.2, 0) is 11.3 Å². The molecule has 0 N–H and O–H groups in total. The zero-order chi connectivity index (χ0) is 24.5. The van der Waals surface area contributed by atoms with Crippen LogP contribution in [0.15, 0.2) is 59.0 Å². The fourth-order valence-corrected chi connectivity index (χ4v) is 5.55. The molecule has 9 heteroatoms. The number of fused-ring (bicyclic) bond motifs is 1. The van der Waals surface area contributed by atoms with Gasteiger partial charge in [-0.25, -0.2) is 9.37 Å². The predicted octanol–water partition coefficient (Wildman–Crippen LogP) is 4.65. The van der Waals surface area contributed by atoms with Crippen molar-refractivity contribution < 1.29 is 18.7 Å². The number of aromatic nitrogens is 2. The van der Waals surface area contributed by atoms with Gasteiger partial charge >= 0.3 is 0 Å². The van der Waals surface area contributed by atoms with Gasteiger partial charge in [-0.3, -0.25) is 14.2 Å². The number of likely N-dealkylation sites (tertiary alicyclic amines) is 1. The van der Waals surface area contributed by atoms with E-state index in [1.165, 1.54) is 34.4 Å². The van der Waals surface area contributed by atoms with Crippen molar-refractivity contribution >= 4 is 27.5 Å². The minimum atomic E-state index is -0.344. The normalized spacial score (nSPS) is 15.5. The molecule has 0 saturated carbocycles. The van der Waals surface area contributed by atoms with Crippen molar-refractivity contribution in [2.24, 2.45) is 0 Å². The Kier molecular flexibility index (Phi) is 6.25. The van der Waals surface area contributed by atoms with Gasteiger partial charge in [0.2, 0.25) is 5.91 Å². The zero-order valence-corrected chi connectivity index (χ0v) is 20.2. The van der Waals surface area contributed by atoms with Crippen LogP contribution >= 0.6 is 11.3 Å². The van der Waals surface area contributed by atoms with Gasteiger partial charge < -0.3 is 14.4 Å². The molecule has 0 spiro atoms. The molecule has 1 aliphatic heterocycles. The van der Waals surface area contributed by atoms with Crippen molar-refractivity contribution in [3.8, 4) is 22.6 Å². The van der Waals surface area contributed by atoms with E-state index in [1.54, 1.807) is 31.3 Å². The van der Waals surface area contributed by atoms with Crippen LogP contribution in [0.2, 0.25) is 0 Å². The van der Waals surface area contributed by atoms with Crippen molar-refractivity contribution in [2.75, 3.05) is 20.8 Å². The topological polar surface area (TPSA) is 73.7 Å². The second-order valence-electron chi connectivity index (χ2n) is 8.37. The fourth-order valence-electron chi connectivity index (χ4n) is 4.64. The Morgan fingerprint density at radius 1 is 1.17 bits per heavy atom. The molecule has 2 aromatic heterocycles. The Morgan fingerprint density at radius 2 is 1.97 bits per heavy atom. The summed E-state index contributed by atoms with van der Waals surface area (Å²) in [4.78, 5) is 33.5. The highest BCUT2D eigenvalue weighted by atomic mass is 32.1. The molecule has 180 valence electrons. The number of amides is 1. The van der Waals surface area contributed by atoms with Gasteiger partial charge in [0, 0.05) is 29.1 Å². The monoisotopic (exact) mass is 493 g/mol. The lowest BCUT2D eigenvalue weighted by molar-refractivity contribution is -0.132. The van der Waals surface area contributed by atoms with E-state index in [1.807, 2.05) is 23.6 Å². The van der Waals surface area contributed by atoms with Gasteiger partial charge in [-0.05, 0) is 42.7 Å². The number of thiophene rings is 1. The summed E-state index contributed by atoms with van der Waals surface area (Å²) in [6, 6.07) is 11.4. The second-order valence-corrected chi connectivity index (χ2v) is 9.23. The molecule has 5 rings (SSSR count). The SMILES string of the molecule is COc1ccc([C@H]2CCCN2C(=O)Cn2cnc3scc(-c4ccc(F)cc4)c3c2=O)c(OC)c1. The molecule has 4 aromatic rings. The number of carbonyl (C=O) groups is 1. The first-order valence-corrected chi connectivity index (χ1v) is 12.1. The van der Waals surface area contributed by atoms with Crippen LogP contribution in [0.25, 0.3) is 21.3 Å². The van der Waals surface area contributed by atoms with E-state index in [-0.39, 0.29) is 29.9 Å². The van der Waals surface area contributed by atoms with Crippen LogP contribution in [0.5, 0.6) is 11.5 Å². The van der Waals surface area contributed by atoms with Crippen LogP contribution in [0.1, 0.15) is 24.4 Å². The molecule has 0 radical (unpaired) electrons. The highest BCUT2D eigenvalue weighted by Crippen LogP contribution is 2.39. The molecule has 1 atom stereocenters. The van der Waals surface area contributed by atoms with E-state index >= 15 is 0 Å². The van der Waals surface area contributed by atoms with Gasteiger partial charge in [0.1, 0.15) is 28.7 Å². The number of hydrogen-bond acceptors (Lipinski definition) is 6. The van der Waals surface area contributed by atoms with Crippen LogP contribution in [0, 0.1) is 5.82 Å². The van der Waals surface area contributed by atoms with E-state index in [2.05, 4.69) is 4.98 Å². The maximum atomic E-state index is 13.4. The summed E-state index contributed by atoms with van der Waals surface area (Å²) < 4.78 is 25.6. The summed E-state index contributed by atoms with van der Waals surface area (Å²) in [7, 11) is 3.19. The first-order valence-electron chi connectivity index (χ1n) is 11.2. The van der Waals surface area contributed by atoms with E-state index < -0.39 is 0 Å². The third-order valence-electron chi connectivity index (χ3n) is 6.39. The van der Waals surface area contributed by atoms with Crippen LogP contribution in [-0.4, -0.2) is 41.1 Å². The summed E-state index contributed by atoms with van der Waals surface area (Å²) in [6.45, 7) is 0.484. The van der Waals surface area contributed by atoms with Gasteiger partial charge in [-0.1, -0.05) is 12.1 Å². The van der Waals surface area contributed by atoms with Gasteiger partial charge in [0.05, 0.1) is 32.0 Å². The Labute approximate surface area is 205 Å². The smallest absolute Gasteiger partial charge is 0.263 e. The summed E-state index contributed by atoms with van der Waals surface area (Å²) in [5.74, 6) is 0.840. The van der Waals surface area contributed by atoms with Crippen molar-refractivity contribution in [1.29, 1.82) is 0 Å². The summed E-state index contributed by atoms with van der Waals surface area (Å²) >= 11 is 1.35. The molecular weight excluding hydrogens is 469 g/mol. The molecule has 3 heterocycles. The molecule has 1 fully saturated rings. The fraction of sp³-hybridized carbons (Fsp3) is 0.269. The van der Waals surface area contributed by atoms with E-state index in [4.69, 9.17) is 9.47 Å². The number of hydrogen-bond donors (Lipinski definition) is 0. The Bertz CT molecular complexity index is 1450. The van der Waals surface area contributed by atoms with Crippen molar-refractivity contribution in [3.63, 3.8) is 0 Å². The summed E-state index contributed by atoms with van der Waals surface area (Å²) in [5, 5.41) is 2.27. The number of ether oxygens (including phenoxy) is 2.